The van der Waals surface area contributed by atoms with Gasteiger partial charge in [-0.1, -0.05) is 38.5 Å². The summed E-state index contributed by atoms with van der Waals surface area (Å²) in [4.78, 5) is 5.12. The summed E-state index contributed by atoms with van der Waals surface area (Å²) >= 11 is 0. The molecular weight excluding hydrogens is 370 g/mol. The number of hydrogen-bond donors (Lipinski definition) is 1. The van der Waals surface area contributed by atoms with Gasteiger partial charge in [0.25, 0.3) is 0 Å². The third kappa shape index (κ3) is 4.49. The van der Waals surface area contributed by atoms with Gasteiger partial charge in [-0.2, -0.15) is 4.31 Å². The van der Waals surface area contributed by atoms with Crippen molar-refractivity contribution in [2.24, 2.45) is 0 Å². The maximum absolute atomic E-state index is 12.9. The lowest BCUT2D eigenvalue weighted by atomic mass is 9.97. The van der Waals surface area contributed by atoms with Crippen molar-refractivity contribution < 1.29 is 8.42 Å². The van der Waals surface area contributed by atoms with Crippen molar-refractivity contribution in [3.05, 3.63) is 30.3 Å². The third-order valence-corrected chi connectivity index (χ3v) is 7.97. The zero-order chi connectivity index (χ0) is 19.4. The van der Waals surface area contributed by atoms with Gasteiger partial charge in [-0.05, 0) is 56.0 Å². The molecule has 5 nitrogen and oxygen atoms in total. The van der Waals surface area contributed by atoms with Crippen LogP contribution < -0.4 is 5.32 Å². The van der Waals surface area contributed by atoms with Crippen LogP contribution in [0.2, 0.25) is 0 Å². The van der Waals surface area contributed by atoms with E-state index in [9.17, 15) is 8.42 Å². The number of sulfonamides is 1. The first kappa shape index (κ1) is 19.6. The largest absolute Gasteiger partial charge is 0.367 e. The molecule has 28 heavy (non-hydrogen) atoms. The lowest BCUT2D eigenvalue weighted by Gasteiger charge is -2.26. The van der Waals surface area contributed by atoms with Gasteiger partial charge < -0.3 is 5.32 Å². The topological polar surface area (TPSA) is 62.3 Å². The van der Waals surface area contributed by atoms with Crippen LogP contribution in [0.3, 0.4) is 0 Å². The van der Waals surface area contributed by atoms with Gasteiger partial charge in [-0.25, -0.2) is 13.4 Å². The van der Waals surface area contributed by atoms with E-state index >= 15 is 0 Å². The van der Waals surface area contributed by atoms with E-state index in [0.29, 0.717) is 24.0 Å². The molecule has 1 aromatic carbocycles. The van der Waals surface area contributed by atoms with Gasteiger partial charge in [0.1, 0.15) is 5.82 Å². The summed E-state index contributed by atoms with van der Waals surface area (Å²) in [7, 11) is -3.40. The molecule has 1 aliphatic carbocycles. The highest BCUT2D eigenvalue weighted by atomic mass is 32.2. The number of hydrogen-bond acceptors (Lipinski definition) is 4. The van der Waals surface area contributed by atoms with Crippen molar-refractivity contribution in [1.29, 1.82) is 0 Å². The molecule has 2 heterocycles. The average molecular weight is 402 g/mol. The van der Waals surface area contributed by atoms with Crippen LogP contribution in [0, 0.1) is 0 Å². The fraction of sp³-hybridized carbons (Fsp3) is 0.591. The van der Waals surface area contributed by atoms with Crippen LogP contribution in [-0.2, 0) is 10.0 Å². The first-order valence-corrected chi connectivity index (χ1v) is 12.2. The van der Waals surface area contributed by atoms with Crippen molar-refractivity contribution in [2.75, 3.05) is 18.4 Å². The molecule has 0 spiro atoms. The minimum absolute atomic E-state index is 0.379. The highest BCUT2D eigenvalue weighted by Crippen LogP contribution is 2.26. The second-order valence-corrected chi connectivity index (χ2v) is 10.1. The Bertz CT molecular complexity index is 899. The number of pyridine rings is 1. The number of rotatable bonds is 4. The second kappa shape index (κ2) is 8.78. The Balaban J connectivity index is 1.52. The molecule has 0 bridgehead atoms. The minimum Gasteiger partial charge on any atom is -0.367 e. The summed E-state index contributed by atoms with van der Waals surface area (Å²) in [6, 6.07) is 9.78. The van der Waals surface area contributed by atoms with Crippen LogP contribution in [0.15, 0.2) is 35.2 Å². The molecule has 1 N–H and O–H groups in total. The number of aromatic nitrogens is 1. The van der Waals surface area contributed by atoms with Crippen molar-refractivity contribution in [2.45, 2.75) is 75.1 Å². The molecule has 2 aromatic rings. The van der Waals surface area contributed by atoms with Gasteiger partial charge in [0.15, 0.2) is 0 Å². The highest BCUT2D eigenvalue weighted by Gasteiger charge is 2.26. The molecule has 152 valence electrons. The molecule has 2 fully saturated rings. The molecule has 1 aliphatic heterocycles. The van der Waals surface area contributed by atoms with E-state index < -0.39 is 10.0 Å². The quantitative estimate of drug-likeness (QED) is 0.789. The van der Waals surface area contributed by atoms with E-state index in [4.69, 9.17) is 4.98 Å². The molecule has 0 atom stereocenters. The Morgan fingerprint density at radius 3 is 2.29 bits per heavy atom. The number of nitrogens with zero attached hydrogens (tertiary/aromatic N) is 2. The maximum Gasteiger partial charge on any atom is 0.243 e. The molecule has 4 rings (SSSR count). The Morgan fingerprint density at radius 2 is 1.54 bits per heavy atom. The molecule has 1 aromatic heterocycles. The van der Waals surface area contributed by atoms with Crippen LogP contribution in [0.1, 0.15) is 64.2 Å². The molecule has 0 unspecified atom stereocenters. The maximum atomic E-state index is 12.9. The van der Waals surface area contributed by atoms with E-state index in [1.54, 1.807) is 16.4 Å². The predicted molar refractivity (Wildman–Crippen MR) is 114 cm³/mol. The van der Waals surface area contributed by atoms with E-state index in [-0.39, 0.29) is 0 Å². The van der Waals surface area contributed by atoms with Gasteiger partial charge in [0.05, 0.1) is 10.4 Å². The summed E-state index contributed by atoms with van der Waals surface area (Å²) in [6.45, 7) is 1.26. The van der Waals surface area contributed by atoms with Crippen LogP contribution in [0.25, 0.3) is 10.9 Å². The SMILES string of the molecule is O=S(=O)(c1ccc2nc(NC3CCCCCCC3)ccc2c1)N1CCCCC1. The van der Waals surface area contributed by atoms with Gasteiger partial charge in [-0.15, -0.1) is 0 Å². The van der Waals surface area contributed by atoms with Crippen molar-refractivity contribution in [3.8, 4) is 0 Å². The molecular formula is C22H31N3O2S. The summed E-state index contributed by atoms with van der Waals surface area (Å²) in [5.41, 5.74) is 0.841. The van der Waals surface area contributed by atoms with Gasteiger partial charge in [0.2, 0.25) is 10.0 Å². The zero-order valence-corrected chi connectivity index (χ0v) is 17.4. The first-order chi connectivity index (χ1) is 13.6. The highest BCUT2D eigenvalue weighted by molar-refractivity contribution is 7.89. The monoisotopic (exact) mass is 401 g/mol. The fourth-order valence-corrected chi connectivity index (χ4v) is 5.96. The van der Waals surface area contributed by atoms with E-state index in [2.05, 4.69) is 5.32 Å². The molecule has 0 amide bonds. The molecule has 1 saturated carbocycles. The Hall–Kier alpha value is -1.66. The lowest BCUT2D eigenvalue weighted by Crippen LogP contribution is -2.35. The van der Waals surface area contributed by atoms with Crippen LogP contribution in [0.5, 0.6) is 0 Å². The second-order valence-electron chi connectivity index (χ2n) is 8.20. The van der Waals surface area contributed by atoms with Crippen molar-refractivity contribution in [3.63, 3.8) is 0 Å². The fourth-order valence-electron chi connectivity index (χ4n) is 4.41. The summed E-state index contributed by atoms with van der Waals surface area (Å²) in [5.74, 6) is 0.893. The van der Waals surface area contributed by atoms with E-state index in [1.165, 1.54) is 44.9 Å². The van der Waals surface area contributed by atoms with Crippen LogP contribution >= 0.6 is 0 Å². The number of benzene rings is 1. The lowest BCUT2D eigenvalue weighted by molar-refractivity contribution is 0.346. The predicted octanol–water partition coefficient (Wildman–Crippen LogP) is 4.93. The van der Waals surface area contributed by atoms with Crippen molar-refractivity contribution in [1.82, 2.24) is 9.29 Å². The van der Waals surface area contributed by atoms with Gasteiger partial charge in [0, 0.05) is 24.5 Å². The summed E-state index contributed by atoms with van der Waals surface area (Å²) in [5, 5.41) is 4.48. The number of anilines is 1. The number of piperidine rings is 1. The Morgan fingerprint density at radius 1 is 0.857 bits per heavy atom. The number of nitrogens with one attached hydrogen (secondary N) is 1. The third-order valence-electron chi connectivity index (χ3n) is 6.07. The molecule has 0 radical (unpaired) electrons. The van der Waals surface area contributed by atoms with Crippen LogP contribution in [0.4, 0.5) is 5.82 Å². The zero-order valence-electron chi connectivity index (χ0n) is 16.6. The first-order valence-electron chi connectivity index (χ1n) is 10.8. The van der Waals surface area contributed by atoms with Crippen LogP contribution in [-0.4, -0.2) is 36.8 Å². The summed E-state index contributed by atoms with van der Waals surface area (Å²) in [6.07, 6.45) is 12.0. The van der Waals surface area contributed by atoms with E-state index in [1.807, 2.05) is 18.2 Å². The molecule has 2 aliphatic rings. The molecule has 6 heteroatoms. The number of fused-ring (bicyclic) bond motifs is 1. The van der Waals surface area contributed by atoms with Gasteiger partial charge >= 0.3 is 0 Å². The minimum atomic E-state index is -3.40. The Kier molecular flexibility index (Phi) is 6.16. The van der Waals surface area contributed by atoms with Crippen molar-refractivity contribution >= 4 is 26.7 Å². The smallest absolute Gasteiger partial charge is 0.243 e. The van der Waals surface area contributed by atoms with Gasteiger partial charge in [-0.3, -0.25) is 0 Å². The average Bonchev–Trinajstić information content (AvgIpc) is 2.70. The Labute approximate surface area is 168 Å². The summed E-state index contributed by atoms with van der Waals surface area (Å²) < 4.78 is 27.4. The standard InChI is InChI=1S/C22H31N3O2S/c26-28(27,25-15-7-4-8-16-25)20-12-13-21-18(17-20)11-14-22(24-21)23-19-9-5-2-1-3-6-10-19/h11-14,17,19H,1-10,15-16H2,(H,23,24). The normalized spacial score (nSPS) is 20.6. The molecule has 1 saturated heterocycles. The van der Waals surface area contributed by atoms with E-state index in [0.717, 1.165) is 36.0 Å².